The van der Waals surface area contributed by atoms with Gasteiger partial charge in [0, 0.05) is 22.5 Å². The Morgan fingerprint density at radius 1 is 1.09 bits per heavy atom. The fourth-order valence-corrected chi connectivity index (χ4v) is 4.04. The third kappa shape index (κ3) is 2.49. The molecule has 3 nitrogen and oxygen atoms in total. The number of nitrogens with zero attached hydrogens (tertiary/aromatic N) is 1. The number of benzene rings is 2. The van der Waals surface area contributed by atoms with E-state index in [1.165, 1.54) is 18.3 Å². The number of alkyl halides is 1. The van der Waals surface area contributed by atoms with Gasteiger partial charge in [0.05, 0.1) is 10.4 Å². The second kappa shape index (κ2) is 5.57. The Kier molecular flexibility index (Phi) is 3.89. The van der Waals surface area contributed by atoms with Gasteiger partial charge in [-0.2, -0.15) is 0 Å². The Morgan fingerprint density at radius 3 is 2.41 bits per heavy atom. The van der Waals surface area contributed by atoms with Gasteiger partial charge in [0.15, 0.2) is 0 Å². The highest BCUT2D eigenvalue weighted by Gasteiger charge is 2.21. The Morgan fingerprint density at radius 2 is 1.77 bits per heavy atom. The van der Waals surface area contributed by atoms with Crippen molar-refractivity contribution in [3.8, 4) is 0 Å². The van der Waals surface area contributed by atoms with E-state index < -0.39 is 15.8 Å². The summed E-state index contributed by atoms with van der Waals surface area (Å²) >= 11 is 11.8. The average Bonchev–Trinajstić information content (AvgIpc) is 2.86. The molecule has 0 amide bonds. The van der Waals surface area contributed by atoms with Gasteiger partial charge in [0.2, 0.25) is 0 Å². The second-order valence-corrected chi connectivity index (χ2v) is 7.22. The minimum absolute atomic E-state index is 0.00173. The van der Waals surface area contributed by atoms with E-state index in [4.69, 9.17) is 23.2 Å². The molecule has 0 radical (unpaired) electrons. The Hall–Kier alpha value is -1.56. The van der Waals surface area contributed by atoms with E-state index >= 15 is 0 Å². The van der Waals surface area contributed by atoms with Gasteiger partial charge in [0.25, 0.3) is 10.0 Å². The van der Waals surface area contributed by atoms with E-state index in [0.29, 0.717) is 21.5 Å². The van der Waals surface area contributed by atoms with Crippen molar-refractivity contribution in [1.82, 2.24) is 3.97 Å². The maximum atomic E-state index is 13.0. The lowest BCUT2D eigenvalue weighted by atomic mass is 10.2. The summed E-state index contributed by atoms with van der Waals surface area (Å²) in [5.41, 5.74) is 1.13. The van der Waals surface area contributed by atoms with Crippen molar-refractivity contribution >= 4 is 44.1 Å². The highest BCUT2D eigenvalue weighted by molar-refractivity contribution is 7.90. The molecule has 22 heavy (non-hydrogen) atoms. The van der Waals surface area contributed by atoms with Gasteiger partial charge >= 0.3 is 0 Å². The fraction of sp³-hybridized carbons (Fsp3) is 0.0667. The molecule has 0 aliphatic carbocycles. The molecule has 0 spiro atoms. The van der Waals surface area contributed by atoms with Crippen LogP contribution in [0.25, 0.3) is 10.9 Å². The molecule has 0 bridgehead atoms. The van der Waals surface area contributed by atoms with Crippen LogP contribution in [-0.2, 0) is 15.9 Å². The number of hydrogen-bond acceptors (Lipinski definition) is 2. The van der Waals surface area contributed by atoms with Crippen molar-refractivity contribution in [3.05, 3.63) is 65.1 Å². The largest absolute Gasteiger partial charge is 0.268 e. The van der Waals surface area contributed by atoms with Gasteiger partial charge in [-0.05, 0) is 48.0 Å². The number of rotatable bonds is 3. The van der Waals surface area contributed by atoms with Gasteiger partial charge in [-0.1, -0.05) is 11.6 Å². The number of halogens is 3. The van der Waals surface area contributed by atoms with Crippen LogP contribution in [0.15, 0.2) is 53.6 Å². The van der Waals surface area contributed by atoms with Gasteiger partial charge in [0.1, 0.15) is 5.82 Å². The molecule has 1 aromatic heterocycles. The Balaban J connectivity index is 2.27. The summed E-state index contributed by atoms with van der Waals surface area (Å²) in [6.07, 6.45) is 1.46. The molecule has 0 saturated heterocycles. The summed E-state index contributed by atoms with van der Waals surface area (Å²) in [4.78, 5) is 0.00173. The van der Waals surface area contributed by atoms with Gasteiger partial charge in [-0.15, -0.1) is 11.6 Å². The molecular formula is C15H10Cl2FNO2S. The maximum absolute atomic E-state index is 13.0. The van der Waals surface area contributed by atoms with E-state index in [1.807, 2.05) is 0 Å². The smallest absolute Gasteiger partial charge is 0.241 e. The fourth-order valence-electron chi connectivity index (χ4n) is 2.26. The summed E-state index contributed by atoms with van der Waals surface area (Å²) < 4.78 is 39.6. The van der Waals surface area contributed by atoms with Crippen LogP contribution in [0.1, 0.15) is 5.56 Å². The predicted molar refractivity (Wildman–Crippen MR) is 85.5 cm³/mol. The van der Waals surface area contributed by atoms with Crippen molar-refractivity contribution in [2.24, 2.45) is 0 Å². The lowest BCUT2D eigenvalue weighted by Crippen LogP contribution is -2.11. The molecule has 1 heterocycles. The molecule has 0 N–H and O–H groups in total. The number of aromatic nitrogens is 1. The SMILES string of the molecule is O=S(=O)(c1ccc(F)cc1)n1cc(CCl)c2cc(Cl)ccc21. The molecular weight excluding hydrogens is 348 g/mol. The molecule has 0 aliphatic heterocycles. The first-order valence-electron chi connectivity index (χ1n) is 6.30. The second-order valence-electron chi connectivity index (χ2n) is 4.70. The van der Waals surface area contributed by atoms with Crippen LogP contribution in [0.3, 0.4) is 0 Å². The average molecular weight is 358 g/mol. The normalized spacial score (nSPS) is 12.0. The molecule has 3 aromatic rings. The summed E-state index contributed by atoms with van der Waals surface area (Å²) in [6, 6.07) is 9.58. The predicted octanol–water partition coefficient (Wildman–Crippen LogP) is 4.41. The quantitative estimate of drug-likeness (QED) is 0.651. The molecule has 7 heteroatoms. The van der Waals surface area contributed by atoms with E-state index in [2.05, 4.69) is 0 Å². The summed E-state index contributed by atoms with van der Waals surface area (Å²) in [6.45, 7) is 0. The van der Waals surface area contributed by atoms with Crippen molar-refractivity contribution < 1.29 is 12.8 Å². The van der Waals surface area contributed by atoms with Crippen molar-refractivity contribution in [2.75, 3.05) is 0 Å². The third-order valence-electron chi connectivity index (χ3n) is 3.33. The Bertz CT molecular complexity index is 950. The first kappa shape index (κ1) is 15.3. The van der Waals surface area contributed by atoms with Crippen LogP contribution in [0.4, 0.5) is 4.39 Å². The van der Waals surface area contributed by atoms with Crippen LogP contribution in [-0.4, -0.2) is 12.4 Å². The summed E-state index contributed by atoms with van der Waals surface area (Å²) in [7, 11) is -3.84. The van der Waals surface area contributed by atoms with Gasteiger partial charge in [-0.3, -0.25) is 0 Å². The van der Waals surface area contributed by atoms with Crippen LogP contribution >= 0.6 is 23.2 Å². The van der Waals surface area contributed by atoms with Crippen molar-refractivity contribution in [3.63, 3.8) is 0 Å². The molecule has 114 valence electrons. The van der Waals surface area contributed by atoms with Gasteiger partial charge < -0.3 is 0 Å². The minimum Gasteiger partial charge on any atom is -0.241 e. The number of hydrogen-bond donors (Lipinski definition) is 0. The maximum Gasteiger partial charge on any atom is 0.268 e. The topological polar surface area (TPSA) is 39.1 Å². The van der Waals surface area contributed by atoms with Crippen LogP contribution in [0.2, 0.25) is 5.02 Å². The van der Waals surface area contributed by atoms with Crippen LogP contribution < -0.4 is 0 Å². The van der Waals surface area contributed by atoms with Crippen molar-refractivity contribution in [1.29, 1.82) is 0 Å². The van der Waals surface area contributed by atoms with Crippen LogP contribution in [0.5, 0.6) is 0 Å². The van der Waals surface area contributed by atoms with E-state index in [9.17, 15) is 12.8 Å². The standard InChI is InChI=1S/C15H10Cl2FNO2S/c16-8-10-9-19(15-6-1-11(17)7-14(10)15)22(20,21)13-4-2-12(18)3-5-13/h1-7,9H,8H2. The van der Waals surface area contributed by atoms with Crippen molar-refractivity contribution in [2.45, 2.75) is 10.8 Å². The highest BCUT2D eigenvalue weighted by atomic mass is 35.5. The summed E-state index contributed by atoms with van der Waals surface area (Å²) in [5.74, 6) is -0.340. The van der Waals surface area contributed by atoms with E-state index in [-0.39, 0.29) is 10.8 Å². The zero-order valence-corrected chi connectivity index (χ0v) is 13.5. The molecule has 0 atom stereocenters. The van der Waals surface area contributed by atoms with Gasteiger partial charge in [-0.25, -0.2) is 16.8 Å². The molecule has 0 unspecified atom stereocenters. The first-order valence-corrected chi connectivity index (χ1v) is 8.65. The number of fused-ring (bicyclic) bond motifs is 1. The molecule has 0 saturated carbocycles. The van der Waals surface area contributed by atoms with E-state index in [0.717, 1.165) is 16.1 Å². The Labute approximate surface area is 136 Å². The van der Waals surface area contributed by atoms with Crippen LogP contribution in [0, 0.1) is 5.82 Å². The van der Waals surface area contributed by atoms with E-state index in [1.54, 1.807) is 18.2 Å². The minimum atomic E-state index is -3.84. The summed E-state index contributed by atoms with van der Waals surface area (Å²) in [5, 5.41) is 1.17. The molecule has 3 rings (SSSR count). The lowest BCUT2D eigenvalue weighted by molar-refractivity contribution is 0.588. The lowest BCUT2D eigenvalue weighted by Gasteiger charge is -2.07. The molecule has 0 fully saturated rings. The zero-order valence-electron chi connectivity index (χ0n) is 11.1. The molecule has 2 aromatic carbocycles. The zero-order chi connectivity index (χ0) is 15.9. The monoisotopic (exact) mass is 357 g/mol. The highest BCUT2D eigenvalue weighted by Crippen LogP contribution is 2.29. The third-order valence-corrected chi connectivity index (χ3v) is 5.54. The molecule has 0 aliphatic rings. The first-order chi connectivity index (χ1) is 10.4.